The minimum absolute atomic E-state index is 0.219. The van der Waals surface area contributed by atoms with Crippen LogP contribution in [0.1, 0.15) is 53.2 Å². The maximum Gasteiger partial charge on any atom is 0.459 e. The molecule has 0 aliphatic carbocycles. The minimum atomic E-state index is -4.24. The van der Waals surface area contributed by atoms with Crippen LogP contribution in [0, 0.1) is 17.2 Å². The normalized spacial score (nSPS) is 25.8. The first kappa shape index (κ1) is 32.8. The predicted octanol–water partition coefficient (Wildman–Crippen LogP) is 4.11. The molecule has 0 spiro atoms. The first-order valence-electron chi connectivity index (χ1n) is 14.9. The highest BCUT2D eigenvalue weighted by molar-refractivity contribution is 7.52. The second kappa shape index (κ2) is 13.0. The van der Waals surface area contributed by atoms with Gasteiger partial charge in [-0.1, -0.05) is 44.9 Å². The number of nitrogens with two attached hydrogens (primary N) is 1. The van der Waals surface area contributed by atoms with E-state index in [1.54, 1.807) is 56.3 Å². The van der Waals surface area contributed by atoms with Crippen LogP contribution in [-0.2, 0) is 38.4 Å². The predicted molar refractivity (Wildman–Crippen MR) is 162 cm³/mol. The van der Waals surface area contributed by atoms with Crippen molar-refractivity contribution >= 4 is 25.1 Å². The fourth-order valence-corrected chi connectivity index (χ4v) is 6.99. The van der Waals surface area contributed by atoms with Crippen LogP contribution in [-0.4, -0.2) is 63.9 Å². The fourth-order valence-electron chi connectivity index (χ4n) is 5.49. The lowest BCUT2D eigenvalue weighted by atomic mass is 9.92. The molecule has 3 N–H and O–H groups in total. The minimum Gasteiger partial charge on any atom is -0.464 e. The van der Waals surface area contributed by atoms with E-state index < -0.39 is 49.5 Å². The third-order valence-corrected chi connectivity index (χ3v) is 9.60. The molecule has 14 nitrogen and oxygen atoms in total. The highest BCUT2D eigenvalue weighted by Crippen LogP contribution is 2.51. The van der Waals surface area contributed by atoms with E-state index in [-0.39, 0.29) is 30.7 Å². The number of anilines is 1. The largest absolute Gasteiger partial charge is 0.464 e. The van der Waals surface area contributed by atoms with Crippen LogP contribution in [0.5, 0.6) is 5.75 Å². The second-order valence-corrected chi connectivity index (χ2v) is 13.2. The van der Waals surface area contributed by atoms with Gasteiger partial charge in [-0.05, 0) is 51.0 Å². The van der Waals surface area contributed by atoms with E-state index in [2.05, 4.69) is 21.2 Å². The van der Waals surface area contributed by atoms with Crippen molar-refractivity contribution in [2.45, 2.75) is 83.2 Å². The Morgan fingerprint density at radius 1 is 1.18 bits per heavy atom. The number of nitrogens with zero attached hydrogens (tertiary/aromatic N) is 4. The second-order valence-electron chi connectivity index (χ2n) is 11.5. The van der Waals surface area contributed by atoms with Crippen LogP contribution in [0.25, 0.3) is 5.52 Å². The number of esters is 1. The van der Waals surface area contributed by atoms with Gasteiger partial charge in [-0.2, -0.15) is 15.4 Å². The number of hydrogen-bond donors (Lipinski definition) is 2. The van der Waals surface area contributed by atoms with Gasteiger partial charge in [-0.3, -0.25) is 9.32 Å². The highest BCUT2D eigenvalue weighted by Gasteiger charge is 2.65. The number of fused-ring (bicyclic) bond motifs is 2. The van der Waals surface area contributed by atoms with Crippen molar-refractivity contribution in [1.29, 1.82) is 5.26 Å². The standard InChI is InChI=1S/C30H39N6O8P/c1-6-20(7-2)15-39-28(37)19(3)35-45(38,44-21-11-9-8-10-12-21)40-16-23-25-26(43-29(4,5)42-25)30(17-31,41-23)24-14-13-22-27(32)33-18-34-36(22)24/h8-14,18-20,23,25-26H,6-7,15-16H2,1-5H3,(H,35,38)(H2,32,33,34)/t19-,23+,25+,26+,30-,45-/m0/s1. The van der Waals surface area contributed by atoms with Gasteiger partial charge in [-0.25, -0.2) is 14.1 Å². The number of carbonyl (C=O) groups excluding carboxylic acids is 1. The molecule has 2 aliphatic heterocycles. The zero-order valence-corrected chi connectivity index (χ0v) is 26.8. The van der Waals surface area contributed by atoms with Crippen molar-refractivity contribution in [3.63, 3.8) is 0 Å². The topological polar surface area (TPSA) is 182 Å². The fraction of sp³-hybridized carbons (Fsp3) is 0.533. The van der Waals surface area contributed by atoms with Crippen molar-refractivity contribution in [3.8, 4) is 11.8 Å². The Morgan fingerprint density at radius 2 is 1.91 bits per heavy atom. The van der Waals surface area contributed by atoms with Crippen LogP contribution in [0.4, 0.5) is 5.82 Å². The van der Waals surface area contributed by atoms with E-state index in [1.807, 2.05) is 13.8 Å². The molecule has 45 heavy (non-hydrogen) atoms. The SMILES string of the molecule is CCC(CC)COC(=O)[C@H](C)N[P@](=O)(OC[C@H]1O[C@@](C#N)(c2ccc3c(N)ncnn23)[C@@H]2OC(C)(C)O[C@@H]21)Oc1ccccc1. The zero-order chi connectivity index (χ0) is 32.4. The summed E-state index contributed by atoms with van der Waals surface area (Å²) in [6.07, 6.45) is 0.325. The van der Waals surface area contributed by atoms with E-state index in [9.17, 15) is 14.6 Å². The number of ether oxygens (including phenoxy) is 4. The smallest absolute Gasteiger partial charge is 0.459 e. The number of rotatable bonds is 13. The summed E-state index contributed by atoms with van der Waals surface area (Å²) in [7, 11) is -4.24. The van der Waals surface area contributed by atoms with E-state index in [4.69, 9.17) is 33.7 Å². The summed E-state index contributed by atoms with van der Waals surface area (Å²) in [5, 5.41) is 17.6. The summed E-state index contributed by atoms with van der Waals surface area (Å²) in [5.74, 6) is -0.980. The molecule has 6 atom stereocenters. The van der Waals surface area contributed by atoms with Gasteiger partial charge in [0.05, 0.1) is 18.9 Å². The number of nitrogens with one attached hydrogen (secondary N) is 1. The Morgan fingerprint density at radius 3 is 2.60 bits per heavy atom. The Hall–Kier alpha value is -3.57. The number of nitrogen functional groups attached to an aromatic ring is 1. The van der Waals surface area contributed by atoms with E-state index in [0.717, 1.165) is 12.8 Å². The zero-order valence-electron chi connectivity index (χ0n) is 25.9. The molecule has 2 saturated heterocycles. The summed E-state index contributed by atoms with van der Waals surface area (Å²) in [4.78, 5) is 16.9. The Labute approximate surface area is 261 Å². The molecule has 15 heteroatoms. The average molecular weight is 643 g/mol. The molecule has 0 radical (unpaired) electrons. The van der Waals surface area contributed by atoms with E-state index >= 15 is 0 Å². The molecule has 2 aromatic heterocycles. The lowest BCUT2D eigenvalue weighted by Gasteiger charge is -2.29. The number of benzene rings is 1. The number of para-hydroxylation sites is 1. The summed E-state index contributed by atoms with van der Waals surface area (Å²) in [6, 6.07) is 13.0. The van der Waals surface area contributed by atoms with E-state index in [0.29, 0.717) is 11.2 Å². The molecule has 4 heterocycles. The number of nitriles is 1. The molecule has 3 aromatic rings. The number of aromatic nitrogens is 3. The third-order valence-electron chi connectivity index (χ3n) is 7.96. The highest BCUT2D eigenvalue weighted by atomic mass is 31.2. The van der Waals surface area contributed by atoms with Gasteiger partial charge >= 0.3 is 13.7 Å². The van der Waals surface area contributed by atoms with Crippen molar-refractivity contribution in [3.05, 3.63) is 54.5 Å². The van der Waals surface area contributed by atoms with Gasteiger partial charge < -0.3 is 29.2 Å². The Kier molecular flexibility index (Phi) is 9.51. The van der Waals surface area contributed by atoms with Gasteiger partial charge in [0.2, 0.25) is 5.60 Å². The monoisotopic (exact) mass is 642 g/mol. The summed E-state index contributed by atoms with van der Waals surface area (Å²) >= 11 is 0. The van der Waals surface area contributed by atoms with E-state index in [1.165, 1.54) is 17.8 Å². The first-order valence-corrected chi connectivity index (χ1v) is 16.5. The van der Waals surface area contributed by atoms with Crippen molar-refractivity contribution in [2.75, 3.05) is 18.9 Å². The Bertz CT molecular complexity index is 1590. The van der Waals surface area contributed by atoms with Gasteiger partial charge in [0.25, 0.3) is 0 Å². The van der Waals surface area contributed by atoms with Gasteiger partial charge in [0.15, 0.2) is 11.6 Å². The maximum atomic E-state index is 14.2. The molecule has 242 valence electrons. The molecule has 1 aromatic carbocycles. The lowest BCUT2D eigenvalue weighted by molar-refractivity contribution is -0.204. The van der Waals surface area contributed by atoms with Crippen LogP contribution >= 0.6 is 7.75 Å². The van der Waals surface area contributed by atoms with Gasteiger partial charge in [-0.15, -0.1) is 0 Å². The maximum absolute atomic E-state index is 14.2. The average Bonchev–Trinajstić information content (AvgIpc) is 3.68. The molecule has 0 bridgehead atoms. The quantitative estimate of drug-likeness (QED) is 0.201. The van der Waals surface area contributed by atoms with Crippen LogP contribution < -0.4 is 15.3 Å². The molecular formula is C30H39N6O8P. The number of carbonyl (C=O) groups is 1. The van der Waals surface area contributed by atoms with Gasteiger partial charge in [0.1, 0.15) is 48.0 Å². The molecular weight excluding hydrogens is 603 g/mol. The lowest BCUT2D eigenvalue weighted by Crippen LogP contribution is -2.40. The molecule has 0 saturated carbocycles. The van der Waals surface area contributed by atoms with Crippen LogP contribution in [0.2, 0.25) is 0 Å². The Balaban J connectivity index is 1.40. The molecule has 0 unspecified atom stereocenters. The summed E-state index contributed by atoms with van der Waals surface area (Å²) in [6.45, 7) is 8.91. The third kappa shape index (κ3) is 6.70. The number of hydrogen-bond acceptors (Lipinski definition) is 12. The summed E-state index contributed by atoms with van der Waals surface area (Å²) in [5.41, 5.74) is 5.17. The van der Waals surface area contributed by atoms with Gasteiger partial charge in [0, 0.05) is 0 Å². The van der Waals surface area contributed by atoms with Crippen molar-refractivity contribution < 1.29 is 37.4 Å². The van der Waals surface area contributed by atoms with Crippen molar-refractivity contribution in [1.82, 2.24) is 19.7 Å². The molecule has 5 rings (SSSR count). The molecule has 0 amide bonds. The van der Waals surface area contributed by atoms with Crippen LogP contribution in [0.3, 0.4) is 0 Å². The summed E-state index contributed by atoms with van der Waals surface area (Å²) < 4.78 is 51.7. The molecule has 2 aliphatic rings. The first-order chi connectivity index (χ1) is 21.4. The van der Waals surface area contributed by atoms with Crippen LogP contribution in [0.15, 0.2) is 48.8 Å². The molecule has 2 fully saturated rings. The van der Waals surface area contributed by atoms with Crippen molar-refractivity contribution in [2.24, 2.45) is 5.92 Å².